The van der Waals surface area contributed by atoms with Gasteiger partial charge < -0.3 is 19.5 Å². The molecule has 1 aromatic heterocycles. The highest BCUT2D eigenvalue weighted by Gasteiger charge is 2.30. The monoisotopic (exact) mass is 499 g/mol. The molecule has 3 aliphatic rings. The SMILES string of the molecule is CCC1CCN(CCN2CCn3c(c(C4CCCCC4)c4ccc(C(=O)O)cc43)-c3ccccc32)CC1. The fraction of sp³-hybridized carbons (Fsp3) is 0.531. The predicted octanol–water partition coefficient (Wildman–Crippen LogP) is 7.00. The van der Waals surface area contributed by atoms with Crippen molar-refractivity contribution in [2.45, 2.75) is 70.8 Å². The molecule has 0 radical (unpaired) electrons. The summed E-state index contributed by atoms with van der Waals surface area (Å²) >= 11 is 0. The van der Waals surface area contributed by atoms with Gasteiger partial charge in [-0.2, -0.15) is 0 Å². The Balaban J connectivity index is 1.39. The van der Waals surface area contributed by atoms with E-state index in [1.807, 2.05) is 6.07 Å². The smallest absolute Gasteiger partial charge is 0.335 e. The third-order valence-electron chi connectivity index (χ3n) is 9.43. The molecule has 0 unspecified atom stereocenters. The van der Waals surface area contributed by atoms with Gasteiger partial charge in [0.05, 0.1) is 11.3 Å². The van der Waals surface area contributed by atoms with Crippen LogP contribution in [0.1, 0.15) is 80.1 Å². The highest BCUT2D eigenvalue weighted by atomic mass is 16.4. The number of fused-ring (bicyclic) bond motifs is 5. The lowest BCUT2D eigenvalue weighted by Crippen LogP contribution is -2.40. The molecule has 6 rings (SSSR count). The predicted molar refractivity (Wildman–Crippen MR) is 152 cm³/mol. The summed E-state index contributed by atoms with van der Waals surface area (Å²) in [6.45, 7) is 8.75. The Morgan fingerprint density at radius 3 is 2.46 bits per heavy atom. The zero-order chi connectivity index (χ0) is 25.4. The van der Waals surface area contributed by atoms with Gasteiger partial charge in [0.15, 0.2) is 0 Å². The molecule has 3 heterocycles. The van der Waals surface area contributed by atoms with E-state index in [1.165, 1.54) is 92.4 Å². The lowest BCUT2D eigenvalue weighted by atomic mass is 9.81. The first-order chi connectivity index (χ1) is 18.1. The summed E-state index contributed by atoms with van der Waals surface area (Å²) in [5.74, 6) is 0.602. The largest absolute Gasteiger partial charge is 0.478 e. The molecule has 5 nitrogen and oxygen atoms in total. The second-order valence-electron chi connectivity index (χ2n) is 11.5. The van der Waals surface area contributed by atoms with E-state index in [9.17, 15) is 9.90 Å². The maximum Gasteiger partial charge on any atom is 0.335 e. The van der Waals surface area contributed by atoms with Crippen molar-refractivity contribution < 1.29 is 9.90 Å². The lowest BCUT2D eigenvalue weighted by Gasteiger charge is -2.34. The number of carboxylic acid groups (broad SMARTS) is 1. The van der Waals surface area contributed by atoms with Crippen LogP contribution in [0.25, 0.3) is 22.2 Å². The second-order valence-corrected chi connectivity index (χ2v) is 11.5. The van der Waals surface area contributed by atoms with Crippen LogP contribution in [0.5, 0.6) is 0 Å². The quantitative estimate of drug-likeness (QED) is 0.397. The minimum Gasteiger partial charge on any atom is -0.478 e. The van der Waals surface area contributed by atoms with Crippen LogP contribution in [-0.4, -0.2) is 53.3 Å². The molecule has 2 fully saturated rings. The Kier molecular flexibility index (Phi) is 6.98. The highest BCUT2D eigenvalue weighted by Crippen LogP contribution is 2.47. The molecule has 2 aliphatic heterocycles. The van der Waals surface area contributed by atoms with E-state index in [1.54, 1.807) is 6.07 Å². The van der Waals surface area contributed by atoms with Crippen molar-refractivity contribution in [2.24, 2.45) is 5.92 Å². The van der Waals surface area contributed by atoms with E-state index in [-0.39, 0.29) is 0 Å². The number of hydrogen-bond acceptors (Lipinski definition) is 3. The van der Waals surface area contributed by atoms with Crippen molar-refractivity contribution in [3.63, 3.8) is 0 Å². The van der Waals surface area contributed by atoms with Gasteiger partial charge in [0.2, 0.25) is 0 Å². The number of piperidine rings is 1. The van der Waals surface area contributed by atoms with Gasteiger partial charge in [-0.05, 0) is 74.4 Å². The Labute approximate surface area is 221 Å². The average Bonchev–Trinajstić information content (AvgIpc) is 3.18. The topological polar surface area (TPSA) is 48.7 Å². The Hall–Kier alpha value is -2.79. The highest BCUT2D eigenvalue weighted by molar-refractivity contribution is 5.99. The van der Waals surface area contributed by atoms with Gasteiger partial charge in [0.1, 0.15) is 0 Å². The number of rotatable bonds is 6. The Morgan fingerprint density at radius 2 is 1.70 bits per heavy atom. The van der Waals surface area contributed by atoms with Crippen LogP contribution in [0, 0.1) is 5.92 Å². The number of aromatic carboxylic acids is 1. The molecule has 1 aliphatic carbocycles. The number of anilines is 1. The number of nitrogens with zero attached hydrogens (tertiary/aromatic N) is 3. The molecule has 0 spiro atoms. The van der Waals surface area contributed by atoms with Crippen molar-refractivity contribution in [1.29, 1.82) is 0 Å². The number of carbonyl (C=O) groups is 1. The van der Waals surface area contributed by atoms with Crippen molar-refractivity contribution in [1.82, 2.24) is 9.47 Å². The Bertz CT molecular complexity index is 1260. The van der Waals surface area contributed by atoms with E-state index in [2.05, 4.69) is 51.6 Å². The standard InChI is InChI=1S/C32H41N3O2/c1-2-23-14-16-33(17-15-23)18-19-34-20-21-35-29-22-25(32(36)37)12-13-26(29)30(24-8-4-3-5-9-24)31(35)27-10-6-7-11-28(27)34/h6-7,10-13,22-24H,2-5,8-9,14-21H2,1H3,(H,36,37). The molecule has 0 bridgehead atoms. The van der Waals surface area contributed by atoms with Crippen molar-refractivity contribution in [2.75, 3.05) is 37.6 Å². The molecule has 0 atom stereocenters. The first-order valence-corrected chi connectivity index (χ1v) is 14.6. The fourth-order valence-corrected chi connectivity index (χ4v) is 7.24. The van der Waals surface area contributed by atoms with Crippen molar-refractivity contribution in [3.8, 4) is 11.3 Å². The summed E-state index contributed by atoms with van der Waals surface area (Å²) in [4.78, 5) is 17.1. The number of aromatic nitrogens is 1. The molecule has 1 N–H and O–H groups in total. The number of carboxylic acids is 1. The van der Waals surface area contributed by atoms with Gasteiger partial charge in [-0.3, -0.25) is 0 Å². The molecule has 0 amide bonds. The van der Waals surface area contributed by atoms with Gasteiger partial charge in [0.25, 0.3) is 0 Å². The van der Waals surface area contributed by atoms with Gasteiger partial charge in [-0.15, -0.1) is 0 Å². The van der Waals surface area contributed by atoms with Crippen LogP contribution in [0.15, 0.2) is 42.5 Å². The fourth-order valence-electron chi connectivity index (χ4n) is 7.24. The third kappa shape index (κ3) is 4.67. The summed E-state index contributed by atoms with van der Waals surface area (Å²) in [5.41, 5.74) is 6.93. The Morgan fingerprint density at radius 1 is 0.919 bits per heavy atom. The third-order valence-corrected chi connectivity index (χ3v) is 9.43. The summed E-state index contributed by atoms with van der Waals surface area (Å²) < 4.78 is 2.46. The van der Waals surface area contributed by atoms with E-state index in [4.69, 9.17) is 0 Å². The average molecular weight is 500 g/mol. The number of hydrogen-bond donors (Lipinski definition) is 1. The maximum atomic E-state index is 11.9. The van der Waals surface area contributed by atoms with Crippen LogP contribution in [-0.2, 0) is 6.54 Å². The molecular weight excluding hydrogens is 458 g/mol. The van der Waals surface area contributed by atoms with Gasteiger partial charge in [-0.25, -0.2) is 4.79 Å². The molecule has 1 saturated heterocycles. The van der Waals surface area contributed by atoms with Crippen LogP contribution in [0.2, 0.25) is 0 Å². The van der Waals surface area contributed by atoms with E-state index in [0.29, 0.717) is 11.5 Å². The van der Waals surface area contributed by atoms with Crippen molar-refractivity contribution in [3.05, 3.63) is 53.6 Å². The van der Waals surface area contributed by atoms with E-state index in [0.717, 1.165) is 37.6 Å². The minimum absolute atomic E-state index is 0.382. The molecule has 37 heavy (non-hydrogen) atoms. The zero-order valence-corrected chi connectivity index (χ0v) is 22.3. The van der Waals surface area contributed by atoms with Crippen LogP contribution < -0.4 is 4.90 Å². The summed E-state index contributed by atoms with van der Waals surface area (Å²) in [6, 6.07) is 14.8. The maximum absolute atomic E-state index is 11.9. The molecule has 196 valence electrons. The first kappa shape index (κ1) is 24.5. The number of likely N-dealkylation sites (tertiary alicyclic amines) is 1. The summed E-state index contributed by atoms with van der Waals surface area (Å²) in [5, 5.41) is 11.0. The molecule has 1 saturated carbocycles. The van der Waals surface area contributed by atoms with Gasteiger partial charge >= 0.3 is 5.97 Å². The normalized spacial score (nSPS) is 19.5. The van der Waals surface area contributed by atoms with Gasteiger partial charge in [0, 0.05) is 48.3 Å². The van der Waals surface area contributed by atoms with Gasteiger partial charge in [-0.1, -0.05) is 56.9 Å². The van der Waals surface area contributed by atoms with Crippen LogP contribution >= 0.6 is 0 Å². The molecule has 5 heteroatoms. The molecule has 3 aromatic rings. The van der Waals surface area contributed by atoms with Crippen molar-refractivity contribution >= 4 is 22.6 Å². The molecular formula is C32H41N3O2. The molecule has 2 aromatic carbocycles. The van der Waals surface area contributed by atoms with E-state index < -0.39 is 5.97 Å². The number of para-hydroxylation sites is 1. The zero-order valence-electron chi connectivity index (χ0n) is 22.3. The summed E-state index contributed by atoms with van der Waals surface area (Å²) in [7, 11) is 0. The number of benzene rings is 2. The second kappa shape index (κ2) is 10.5. The lowest BCUT2D eigenvalue weighted by molar-refractivity contribution is 0.0697. The van der Waals surface area contributed by atoms with E-state index >= 15 is 0 Å². The van der Waals surface area contributed by atoms with Crippen LogP contribution in [0.4, 0.5) is 5.69 Å². The minimum atomic E-state index is -0.848. The first-order valence-electron chi connectivity index (χ1n) is 14.6. The summed E-state index contributed by atoms with van der Waals surface area (Å²) in [6.07, 6.45) is 10.3. The van der Waals surface area contributed by atoms with Crippen LogP contribution in [0.3, 0.4) is 0 Å².